The molecule has 0 aliphatic heterocycles. The Hall–Kier alpha value is -2.60. The Morgan fingerprint density at radius 3 is 2.55 bits per heavy atom. The topological polar surface area (TPSA) is 50.1 Å². The summed E-state index contributed by atoms with van der Waals surface area (Å²) in [6, 6.07) is 17.0. The number of nitriles is 1. The molecule has 0 aliphatic rings. The normalized spacial score (nSPS) is 9.80. The van der Waals surface area contributed by atoms with Crippen LogP contribution in [0.25, 0.3) is 0 Å². The first-order chi connectivity index (χ1) is 9.72. The summed E-state index contributed by atoms with van der Waals surface area (Å²) in [5.41, 5.74) is 3.36. The molecule has 100 valence electrons. The largest absolute Gasteiger partial charge is 0.462 e. The van der Waals surface area contributed by atoms with Crippen LogP contribution < -0.4 is 0 Å². The Labute approximate surface area is 118 Å². The van der Waals surface area contributed by atoms with E-state index in [-0.39, 0.29) is 5.97 Å². The Bertz CT molecular complexity index is 639. The first kappa shape index (κ1) is 13.8. The molecule has 0 bridgehead atoms. The molecule has 0 fully saturated rings. The SMILES string of the molecule is CCOC(=O)c1cccc(Cc2ccc(C#N)cc2)c1. The van der Waals surface area contributed by atoms with Gasteiger partial charge in [-0.1, -0.05) is 24.3 Å². The van der Waals surface area contributed by atoms with Crippen LogP contribution in [0.3, 0.4) is 0 Å². The zero-order chi connectivity index (χ0) is 14.4. The van der Waals surface area contributed by atoms with E-state index in [0.29, 0.717) is 17.7 Å². The molecule has 2 aromatic rings. The van der Waals surface area contributed by atoms with Gasteiger partial charge in [0.25, 0.3) is 0 Å². The third-order valence-electron chi connectivity index (χ3n) is 2.93. The highest BCUT2D eigenvalue weighted by molar-refractivity contribution is 5.89. The summed E-state index contributed by atoms with van der Waals surface area (Å²) in [5.74, 6) is -0.297. The second-order valence-electron chi connectivity index (χ2n) is 4.41. The maximum absolute atomic E-state index is 11.7. The number of carbonyl (C=O) groups excluding carboxylic acids is 1. The molecule has 0 aliphatic carbocycles. The van der Waals surface area contributed by atoms with Crippen LogP contribution in [0.15, 0.2) is 48.5 Å². The van der Waals surface area contributed by atoms with Crippen molar-refractivity contribution in [3.05, 3.63) is 70.8 Å². The van der Waals surface area contributed by atoms with Gasteiger partial charge in [0.15, 0.2) is 0 Å². The number of benzene rings is 2. The van der Waals surface area contributed by atoms with Crippen LogP contribution in [-0.4, -0.2) is 12.6 Å². The van der Waals surface area contributed by atoms with Crippen LogP contribution in [0.1, 0.15) is 34.0 Å². The molecule has 0 atom stereocenters. The smallest absolute Gasteiger partial charge is 0.338 e. The third-order valence-corrected chi connectivity index (χ3v) is 2.93. The lowest BCUT2D eigenvalue weighted by molar-refractivity contribution is 0.0526. The Balaban J connectivity index is 2.15. The molecule has 20 heavy (non-hydrogen) atoms. The van der Waals surface area contributed by atoms with Crippen molar-refractivity contribution in [1.82, 2.24) is 0 Å². The first-order valence-corrected chi connectivity index (χ1v) is 6.48. The van der Waals surface area contributed by atoms with Gasteiger partial charge in [-0.05, 0) is 48.7 Å². The summed E-state index contributed by atoms with van der Waals surface area (Å²) in [7, 11) is 0. The van der Waals surface area contributed by atoms with Gasteiger partial charge in [0.2, 0.25) is 0 Å². The fraction of sp³-hybridized carbons (Fsp3) is 0.176. The third kappa shape index (κ3) is 3.46. The predicted octanol–water partition coefficient (Wildman–Crippen LogP) is 3.33. The zero-order valence-electron chi connectivity index (χ0n) is 11.3. The summed E-state index contributed by atoms with van der Waals surface area (Å²) in [5, 5.41) is 8.76. The molecular formula is C17H15NO2. The van der Waals surface area contributed by atoms with E-state index in [9.17, 15) is 4.79 Å². The average Bonchev–Trinajstić information content (AvgIpc) is 2.48. The number of carbonyl (C=O) groups is 1. The van der Waals surface area contributed by atoms with Gasteiger partial charge < -0.3 is 4.74 Å². The molecular weight excluding hydrogens is 250 g/mol. The highest BCUT2D eigenvalue weighted by Gasteiger charge is 2.07. The first-order valence-electron chi connectivity index (χ1n) is 6.48. The molecule has 0 heterocycles. The molecule has 3 nitrogen and oxygen atoms in total. The fourth-order valence-electron chi connectivity index (χ4n) is 1.96. The summed E-state index contributed by atoms with van der Waals surface area (Å²) in [6.07, 6.45) is 0.721. The van der Waals surface area contributed by atoms with Crippen LogP contribution in [0.5, 0.6) is 0 Å². The summed E-state index contributed by atoms with van der Waals surface area (Å²) in [6.45, 7) is 2.16. The van der Waals surface area contributed by atoms with Crippen molar-refractivity contribution < 1.29 is 9.53 Å². The monoisotopic (exact) mass is 265 g/mol. The van der Waals surface area contributed by atoms with Crippen molar-refractivity contribution in [3.63, 3.8) is 0 Å². The minimum Gasteiger partial charge on any atom is -0.462 e. The molecule has 0 saturated heterocycles. The zero-order valence-corrected chi connectivity index (χ0v) is 11.3. The molecule has 0 spiro atoms. The quantitative estimate of drug-likeness (QED) is 0.797. The molecule has 0 N–H and O–H groups in total. The summed E-state index contributed by atoms with van der Waals surface area (Å²) < 4.78 is 4.99. The van der Waals surface area contributed by atoms with Crippen LogP contribution in [0, 0.1) is 11.3 Å². The van der Waals surface area contributed by atoms with Crippen LogP contribution in [0.4, 0.5) is 0 Å². The summed E-state index contributed by atoms with van der Waals surface area (Å²) >= 11 is 0. The van der Waals surface area contributed by atoms with E-state index < -0.39 is 0 Å². The van der Waals surface area contributed by atoms with Gasteiger partial charge >= 0.3 is 5.97 Å². The maximum Gasteiger partial charge on any atom is 0.338 e. The van der Waals surface area contributed by atoms with Crippen LogP contribution in [0.2, 0.25) is 0 Å². The van der Waals surface area contributed by atoms with Crippen LogP contribution >= 0.6 is 0 Å². The van der Waals surface area contributed by atoms with Gasteiger partial charge in [-0.25, -0.2) is 4.79 Å². The van der Waals surface area contributed by atoms with Gasteiger partial charge in [-0.15, -0.1) is 0 Å². The van der Waals surface area contributed by atoms with Gasteiger partial charge in [0.05, 0.1) is 23.8 Å². The van der Waals surface area contributed by atoms with Gasteiger partial charge in [0.1, 0.15) is 0 Å². The van der Waals surface area contributed by atoms with E-state index in [1.165, 1.54) is 0 Å². The molecule has 0 aromatic heterocycles. The molecule has 0 radical (unpaired) electrons. The molecule has 3 heteroatoms. The van der Waals surface area contributed by atoms with Crippen molar-refractivity contribution in [2.45, 2.75) is 13.3 Å². The van der Waals surface area contributed by atoms with Gasteiger partial charge in [0, 0.05) is 0 Å². The molecule has 0 amide bonds. The second-order valence-corrected chi connectivity index (χ2v) is 4.41. The van der Waals surface area contributed by atoms with Crippen molar-refractivity contribution in [2.24, 2.45) is 0 Å². The van der Waals surface area contributed by atoms with Crippen molar-refractivity contribution in [3.8, 4) is 6.07 Å². The lowest BCUT2D eigenvalue weighted by atomic mass is 10.0. The van der Waals surface area contributed by atoms with Gasteiger partial charge in [-0.3, -0.25) is 0 Å². The van der Waals surface area contributed by atoms with E-state index in [2.05, 4.69) is 6.07 Å². The second kappa shape index (κ2) is 6.53. The van der Waals surface area contributed by atoms with E-state index in [1.807, 2.05) is 30.3 Å². The number of ether oxygens (including phenoxy) is 1. The number of rotatable bonds is 4. The Morgan fingerprint density at radius 2 is 1.90 bits per heavy atom. The molecule has 2 aromatic carbocycles. The number of nitrogens with zero attached hydrogens (tertiary/aromatic N) is 1. The van der Waals surface area contributed by atoms with Crippen LogP contribution in [-0.2, 0) is 11.2 Å². The highest BCUT2D eigenvalue weighted by Crippen LogP contribution is 2.13. The number of esters is 1. The van der Waals surface area contributed by atoms with Crippen molar-refractivity contribution in [1.29, 1.82) is 5.26 Å². The minimum atomic E-state index is -0.297. The fourth-order valence-corrected chi connectivity index (χ4v) is 1.96. The molecule has 2 rings (SSSR count). The Morgan fingerprint density at radius 1 is 1.15 bits per heavy atom. The van der Waals surface area contributed by atoms with Crippen molar-refractivity contribution in [2.75, 3.05) is 6.61 Å². The van der Waals surface area contributed by atoms with E-state index in [0.717, 1.165) is 17.5 Å². The number of hydrogen-bond donors (Lipinski definition) is 0. The highest BCUT2D eigenvalue weighted by atomic mass is 16.5. The number of hydrogen-bond acceptors (Lipinski definition) is 3. The standard InChI is InChI=1S/C17H15NO2/c1-2-20-17(19)16-5-3-4-15(11-16)10-13-6-8-14(12-18)9-7-13/h3-9,11H,2,10H2,1H3. The van der Waals surface area contributed by atoms with E-state index >= 15 is 0 Å². The van der Waals surface area contributed by atoms with Gasteiger partial charge in [-0.2, -0.15) is 5.26 Å². The lowest BCUT2D eigenvalue weighted by Crippen LogP contribution is -2.05. The Kier molecular flexibility index (Phi) is 4.52. The lowest BCUT2D eigenvalue weighted by Gasteiger charge is -2.05. The van der Waals surface area contributed by atoms with E-state index in [4.69, 9.17) is 10.00 Å². The van der Waals surface area contributed by atoms with Crippen molar-refractivity contribution >= 4 is 5.97 Å². The van der Waals surface area contributed by atoms with E-state index in [1.54, 1.807) is 25.1 Å². The maximum atomic E-state index is 11.7. The predicted molar refractivity (Wildman–Crippen MR) is 76.4 cm³/mol. The summed E-state index contributed by atoms with van der Waals surface area (Å²) in [4.78, 5) is 11.7. The molecule has 0 unspecified atom stereocenters. The minimum absolute atomic E-state index is 0.297. The molecule has 0 saturated carbocycles. The average molecular weight is 265 g/mol.